The van der Waals surface area contributed by atoms with Crippen LogP contribution in [0.1, 0.15) is 23.2 Å². The fraction of sp³-hybridized carbons (Fsp3) is 0.333. The fourth-order valence-corrected chi connectivity index (χ4v) is 2.60. The van der Waals surface area contributed by atoms with Crippen LogP contribution in [0.2, 0.25) is 0 Å². The molecule has 1 N–H and O–H groups in total. The van der Waals surface area contributed by atoms with Gasteiger partial charge in [-0.05, 0) is 37.1 Å². The molecule has 0 aromatic heterocycles. The highest BCUT2D eigenvalue weighted by Crippen LogP contribution is 2.21. The predicted octanol–water partition coefficient (Wildman–Crippen LogP) is 2.36. The van der Waals surface area contributed by atoms with Crippen molar-refractivity contribution in [1.82, 2.24) is 10.2 Å². The summed E-state index contributed by atoms with van der Waals surface area (Å²) in [4.78, 5) is 26.2. The zero-order chi connectivity index (χ0) is 14.5. The molecule has 1 fully saturated rings. The number of amides is 2. The Bertz CT molecular complexity index is 513. The highest BCUT2D eigenvalue weighted by Gasteiger charge is 2.34. The zero-order valence-electron chi connectivity index (χ0n) is 11.1. The van der Waals surface area contributed by atoms with Crippen molar-refractivity contribution >= 4 is 27.7 Å². The van der Waals surface area contributed by atoms with Crippen molar-refractivity contribution in [2.24, 2.45) is 0 Å². The Kier molecular flexibility index (Phi) is 4.95. The summed E-state index contributed by atoms with van der Waals surface area (Å²) < 4.78 is 0.927. The predicted molar refractivity (Wildman–Crippen MR) is 81.4 cm³/mol. The number of hydrogen-bond donors (Lipinski definition) is 1. The van der Waals surface area contributed by atoms with Gasteiger partial charge in [0.1, 0.15) is 6.04 Å². The first-order chi connectivity index (χ1) is 9.63. The average Bonchev–Trinajstić information content (AvgIpc) is 2.94. The number of rotatable bonds is 4. The maximum atomic E-state index is 12.5. The highest BCUT2D eigenvalue weighted by atomic mass is 79.9. The van der Waals surface area contributed by atoms with Crippen LogP contribution >= 0.6 is 15.9 Å². The second kappa shape index (κ2) is 6.70. The Morgan fingerprint density at radius 3 is 2.75 bits per heavy atom. The third-order valence-electron chi connectivity index (χ3n) is 3.33. The molecule has 2 rings (SSSR count). The van der Waals surface area contributed by atoms with Crippen LogP contribution in [-0.4, -0.2) is 35.8 Å². The molecule has 1 atom stereocenters. The molecular weight excluding hydrogens is 320 g/mol. The van der Waals surface area contributed by atoms with Crippen molar-refractivity contribution in [3.63, 3.8) is 0 Å². The van der Waals surface area contributed by atoms with E-state index in [2.05, 4.69) is 27.8 Å². The van der Waals surface area contributed by atoms with Gasteiger partial charge in [0.15, 0.2) is 0 Å². The summed E-state index contributed by atoms with van der Waals surface area (Å²) in [5.74, 6) is -0.193. The Morgan fingerprint density at radius 2 is 2.10 bits per heavy atom. The maximum absolute atomic E-state index is 12.5. The monoisotopic (exact) mass is 336 g/mol. The summed E-state index contributed by atoms with van der Waals surface area (Å²) in [6, 6.07) is 6.82. The molecule has 2 amide bonds. The lowest BCUT2D eigenvalue weighted by molar-refractivity contribution is -0.124. The first-order valence-electron chi connectivity index (χ1n) is 6.58. The van der Waals surface area contributed by atoms with Crippen molar-refractivity contribution in [1.29, 1.82) is 0 Å². The van der Waals surface area contributed by atoms with Crippen LogP contribution in [0, 0.1) is 0 Å². The number of likely N-dealkylation sites (tertiary alicyclic amines) is 1. The first kappa shape index (κ1) is 14.8. The Hall–Kier alpha value is -1.62. The average molecular weight is 337 g/mol. The lowest BCUT2D eigenvalue weighted by Crippen LogP contribution is -2.46. The Balaban J connectivity index is 2.10. The van der Waals surface area contributed by atoms with E-state index in [9.17, 15) is 9.59 Å². The Labute approximate surface area is 127 Å². The zero-order valence-corrected chi connectivity index (χ0v) is 12.7. The lowest BCUT2D eigenvalue weighted by Gasteiger charge is -2.23. The molecule has 1 saturated heterocycles. The fourth-order valence-electron chi connectivity index (χ4n) is 2.33. The molecule has 4 nitrogen and oxygen atoms in total. The lowest BCUT2D eigenvalue weighted by atomic mass is 10.1. The van der Waals surface area contributed by atoms with Gasteiger partial charge in [0.2, 0.25) is 5.91 Å². The molecule has 0 spiro atoms. The van der Waals surface area contributed by atoms with Crippen LogP contribution in [0.4, 0.5) is 0 Å². The molecule has 5 heteroatoms. The molecule has 1 heterocycles. The Morgan fingerprint density at radius 1 is 1.40 bits per heavy atom. The van der Waals surface area contributed by atoms with E-state index in [1.54, 1.807) is 23.1 Å². The number of carbonyl (C=O) groups is 2. The van der Waals surface area contributed by atoms with Crippen LogP contribution < -0.4 is 5.32 Å². The molecular formula is C15H17BrN2O2. The summed E-state index contributed by atoms with van der Waals surface area (Å²) in [7, 11) is 0. The number of halogens is 1. The van der Waals surface area contributed by atoms with Crippen molar-refractivity contribution in [2.45, 2.75) is 18.9 Å². The molecule has 1 aromatic rings. The van der Waals surface area contributed by atoms with Gasteiger partial charge >= 0.3 is 0 Å². The molecule has 0 saturated carbocycles. The largest absolute Gasteiger partial charge is 0.351 e. The summed E-state index contributed by atoms with van der Waals surface area (Å²) in [6.45, 7) is 4.62. The first-order valence-corrected chi connectivity index (χ1v) is 7.38. The summed E-state index contributed by atoms with van der Waals surface area (Å²) in [5, 5.41) is 2.76. The van der Waals surface area contributed by atoms with Crippen LogP contribution in [0.25, 0.3) is 0 Å². The number of nitrogens with zero attached hydrogens (tertiary/aromatic N) is 1. The van der Waals surface area contributed by atoms with Crippen molar-refractivity contribution < 1.29 is 9.59 Å². The minimum Gasteiger partial charge on any atom is -0.351 e. The number of nitrogens with one attached hydrogen (secondary N) is 1. The second-order valence-corrected chi connectivity index (χ2v) is 5.61. The van der Waals surface area contributed by atoms with E-state index in [-0.39, 0.29) is 17.9 Å². The summed E-state index contributed by atoms with van der Waals surface area (Å²) in [5.41, 5.74) is 0.608. The van der Waals surface area contributed by atoms with Gasteiger partial charge < -0.3 is 10.2 Å². The van der Waals surface area contributed by atoms with Gasteiger partial charge in [-0.1, -0.05) is 22.0 Å². The molecule has 1 aliphatic heterocycles. The van der Waals surface area contributed by atoms with Crippen LogP contribution in [0.15, 0.2) is 41.4 Å². The van der Waals surface area contributed by atoms with Gasteiger partial charge in [0.25, 0.3) is 5.91 Å². The van der Waals surface area contributed by atoms with Gasteiger partial charge in [-0.2, -0.15) is 0 Å². The number of hydrogen-bond acceptors (Lipinski definition) is 2. The van der Waals surface area contributed by atoms with E-state index in [1.165, 1.54) is 0 Å². The molecule has 0 bridgehead atoms. The van der Waals surface area contributed by atoms with Crippen molar-refractivity contribution in [3.8, 4) is 0 Å². The minimum atomic E-state index is -0.369. The highest BCUT2D eigenvalue weighted by molar-refractivity contribution is 9.10. The minimum absolute atomic E-state index is 0.0891. The molecule has 0 radical (unpaired) electrons. The van der Waals surface area contributed by atoms with Gasteiger partial charge in [-0.3, -0.25) is 9.59 Å². The van der Waals surface area contributed by atoms with Gasteiger partial charge in [0, 0.05) is 23.1 Å². The summed E-state index contributed by atoms with van der Waals surface area (Å²) in [6.07, 6.45) is 3.20. The van der Waals surface area contributed by atoms with Crippen LogP contribution in [-0.2, 0) is 4.79 Å². The topological polar surface area (TPSA) is 49.4 Å². The maximum Gasteiger partial charge on any atom is 0.254 e. The number of benzene rings is 1. The molecule has 1 aromatic carbocycles. The normalized spacial score (nSPS) is 17.9. The van der Waals surface area contributed by atoms with Crippen LogP contribution in [0.5, 0.6) is 0 Å². The SMILES string of the molecule is C=CCNC(=O)[C@H]1CCCN1C(=O)c1ccc(Br)cc1. The molecule has 0 unspecified atom stereocenters. The van der Waals surface area contributed by atoms with E-state index >= 15 is 0 Å². The van der Waals surface area contributed by atoms with E-state index in [0.29, 0.717) is 25.1 Å². The van der Waals surface area contributed by atoms with Crippen LogP contribution in [0.3, 0.4) is 0 Å². The van der Waals surface area contributed by atoms with E-state index in [0.717, 1.165) is 10.9 Å². The molecule has 0 aliphatic carbocycles. The molecule has 1 aliphatic rings. The number of carbonyl (C=O) groups excluding carboxylic acids is 2. The van der Waals surface area contributed by atoms with Gasteiger partial charge in [-0.15, -0.1) is 6.58 Å². The molecule has 106 valence electrons. The van der Waals surface area contributed by atoms with E-state index < -0.39 is 0 Å². The second-order valence-electron chi connectivity index (χ2n) is 4.70. The quantitative estimate of drug-likeness (QED) is 0.858. The van der Waals surface area contributed by atoms with Gasteiger partial charge in [0.05, 0.1) is 0 Å². The third-order valence-corrected chi connectivity index (χ3v) is 3.86. The van der Waals surface area contributed by atoms with Crippen molar-refractivity contribution in [2.75, 3.05) is 13.1 Å². The summed E-state index contributed by atoms with van der Waals surface area (Å²) >= 11 is 3.34. The smallest absolute Gasteiger partial charge is 0.254 e. The van der Waals surface area contributed by atoms with E-state index in [4.69, 9.17) is 0 Å². The van der Waals surface area contributed by atoms with Gasteiger partial charge in [-0.25, -0.2) is 0 Å². The van der Waals surface area contributed by atoms with Crippen molar-refractivity contribution in [3.05, 3.63) is 47.0 Å². The third kappa shape index (κ3) is 3.28. The molecule has 20 heavy (non-hydrogen) atoms. The standard InChI is InChI=1S/C15H17BrN2O2/c1-2-9-17-14(19)13-4-3-10-18(13)15(20)11-5-7-12(16)8-6-11/h2,5-8,13H,1,3-4,9-10H2,(H,17,19)/t13-/m1/s1. The van der Waals surface area contributed by atoms with E-state index in [1.807, 2.05) is 12.1 Å².